The molecule has 1 rings (SSSR count). The number of carbonyl (C=O) groups is 2. The van der Waals surface area contributed by atoms with Crippen LogP contribution in [0.2, 0.25) is 0 Å². The van der Waals surface area contributed by atoms with Crippen LogP contribution in [0.15, 0.2) is 0 Å². The fraction of sp³-hybridized carbons (Fsp3) is 0.875. The number of aliphatic carboxylic acids is 1. The van der Waals surface area contributed by atoms with Crippen LogP contribution in [0.4, 0.5) is 0 Å². The molecule has 0 bridgehead atoms. The Morgan fingerprint density at radius 2 is 2.09 bits per heavy atom. The van der Waals surface area contributed by atoms with Crippen molar-refractivity contribution >= 4 is 11.9 Å². The summed E-state index contributed by atoms with van der Waals surface area (Å²) in [5.74, 6) is -1.27. The molecule has 0 saturated carbocycles. The Balaban J connectivity index is 2.28. The number of rotatable bonds is 8. The number of carboxylic acids is 1. The third kappa shape index (κ3) is 8.34. The lowest BCUT2D eigenvalue weighted by Crippen LogP contribution is -2.42. The van der Waals surface area contributed by atoms with E-state index >= 15 is 0 Å². The van der Waals surface area contributed by atoms with Crippen molar-refractivity contribution in [2.75, 3.05) is 13.2 Å². The van der Waals surface area contributed by atoms with E-state index in [1.165, 1.54) is 0 Å². The zero-order chi connectivity index (χ0) is 16.6. The lowest BCUT2D eigenvalue weighted by molar-refractivity contribution is -0.143. The predicted molar refractivity (Wildman–Crippen MR) is 82.7 cm³/mol. The fourth-order valence-electron chi connectivity index (χ4n) is 2.33. The molecular weight excluding hydrogens is 286 g/mol. The number of hydrogen-bond donors (Lipinski definition) is 2. The molecule has 1 amide bonds. The van der Waals surface area contributed by atoms with Gasteiger partial charge >= 0.3 is 5.97 Å². The molecule has 22 heavy (non-hydrogen) atoms. The number of carbonyl (C=O) groups excluding carboxylic acids is 1. The molecule has 2 atom stereocenters. The first-order chi connectivity index (χ1) is 10.3. The average molecular weight is 315 g/mol. The van der Waals surface area contributed by atoms with Crippen LogP contribution < -0.4 is 5.32 Å². The van der Waals surface area contributed by atoms with Gasteiger partial charge in [-0.15, -0.1) is 0 Å². The number of hydrogen-bond acceptors (Lipinski definition) is 4. The monoisotopic (exact) mass is 315 g/mol. The zero-order valence-corrected chi connectivity index (χ0v) is 13.9. The molecule has 6 nitrogen and oxygen atoms in total. The number of ether oxygens (including phenoxy) is 2. The second-order valence-electron chi connectivity index (χ2n) is 6.74. The van der Waals surface area contributed by atoms with E-state index in [0.717, 1.165) is 25.9 Å². The van der Waals surface area contributed by atoms with Gasteiger partial charge < -0.3 is 19.9 Å². The highest BCUT2D eigenvalue weighted by molar-refractivity contribution is 5.83. The van der Waals surface area contributed by atoms with Gasteiger partial charge in [-0.1, -0.05) is 0 Å². The van der Waals surface area contributed by atoms with Gasteiger partial charge in [0.25, 0.3) is 0 Å². The summed E-state index contributed by atoms with van der Waals surface area (Å²) >= 11 is 0. The minimum absolute atomic E-state index is 0.131. The summed E-state index contributed by atoms with van der Waals surface area (Å²) < 4.78 is 11.1. The lowest BCUT2D eigenvalue weighted by Gasteiger charge is -2.23. The summed E-state index contributed by atoms with van der Waals surface area (Å²) in [5.41, 5.74) is -0.314. The van der Waals surface area contributed by atoms with Crippen LogP contribution in [0, 0.1) is 0 Å². The Labute approximate surface area is 132 Å². The number of carboxylic acid groups (broad SMARTS) is 1. The summed E-state index contributed by atoms with van der Waals surface area (Å²) in [4.78, 5) is 23.1. The molecule has 0 spiro atoms. The van der Waals surface area contributed by atoms with Crippen molar-refractivity contribution in [2.45, 2.75) is 77.0 Å². The van der Waals surface area contributed by atoms with Gasteiger partial charge in [-0.2, -0.15) is 0 Å². The Morgan fingerprint density at radius 1 is 1.36 bits per heavy atom. The molecular formula is C16H29NO5. The number of nitrogens with one attached hydrogen (secondary N) is 1. The normalized spacial score (nSPS) is 20.4. The van der Waals surface area contributed by atoms with Crippen molar-refractivity contribution in [3.63, 3.8) is 0 Å². The molecule has 0 aromatic heterocycles. The van der Waals surface area contributed by atoms with Crippen LogP contribution >= 0.6 is 0 Å². The van der Waals surface area contributed by atoms with E-state index in [4.69, 9.17) is 9.47 Å². The Hall–Kier alpha value is -1.14. The van der Waals surface area contributed by atoms with E-state index in [2.05, 4.69) is 5.32 Å². The van der Waals surface area contributed by atoms with Crippen molar-refractivity contribution in [2.24, 2.45) is 0 Å². The smallest absolute Gasteiger partial charge is 0.326 e. The molecule has 2 N–H and O–H groups in total. The quantitative estimate of drug-likeness (QED) is 0.716. The zero-order valence-electron chi connectivity index (χ0n) is 13.9. The lowest BCUT2D eigenvalue weighted by atomic mass is 10.0. The van der Waals surface area contributed by atoms with Gasteiger partial charge in [-0.3, -0.25) is 4.79 Å². The van der Waals surface area contributed by atoms with E-state index in [0.29, 0.717) is 19.4 Å². The van der Waals surface area contributed by atoms with Gasteiger partial charge in [0.1, 0.15) is 6.04 Å². The van der Waals surface area contributed by atoms with Gasteiger partial charge in [0.2, 0.25) is 5.91 Å². The Kier molecular flexibility index (Phi) is 7.82. The van der Waals surface area contributed by atoms with Gasteiger partial charge in [-0.25, -0.2) is 4.79 Å². The first-order valence-corrected chi connectivity index (χ1v) is 8.05. The topological polar surface area (TPSA) is 84.9 Å². The molecule has 1 fully saturated rings. The van der Waals surface area contributed by atoms with Crippen LogP contribution in [0.25, 0.3) is 0 Å². The molecule has 2 unspecified atom stereocenters. The standard InChI is InChI=1S/C16H29NO5/c1-16(2,3)22-11-9-13(15(19)20)17-14(18)8-7-12-6-4-5-10-21-12/h12-13H,4-11H2,1-3H3,(H,17,18)(H,19,20). The van der Waals surface area contributed by atoms with Crippen molar-refractivity contribution in [3.05, 3.63) is 0 Å². The largest absolute Gasteiger partial charge is 0.480 e. The molecule has 6 heteroatoms. The highest BCUT2D eigenvalue weighted by Crippen LogP contribution is 2.17. The van der Waals surface area contributed by atoms with Gasteiger partial charge in [0, 0.05) is 26.1 Å². The fourth-order valence-corrected chi connectivity index (χ4v) is 2.33. The van der Waals surface area contributed by atoms with Crippen molar-refractivity contribution < 1.29 is 24.2 Å². The molecule has 1 heterocycles. The van der Waals surface area contributed by atoms with Crippen molar-refractivity contribution in [1.29, 1.82) is 0 Å². The van der Waals surface area contributed by atoms with Crippen LogP contribution in [0.3, 0.4) is 0 Å². The Morgan fingerprint density at radius 3 is 2.64 bits per heavy atom. The van der Waals surface area contributed by atoms with E-state index < -0.39 is 12.0 Å². The maximum absolute atomic E-state index is 11.9. The first-order valence-electron chi connectivity index (χ1n) is 8.05. The minimum Gasteiger partial charge on any atom is -0.480 e. The summed E-state index contributed by atoms with van der Waals surface area (Å²) in [7, 11) is 0. The summed E-state index contributed by atoms with van der Waals surface area (Å²) in [5, 5.41) is 11.7. The van der Waals surface area contributed by atoms with E-state index in [-0.39, 0.29) is 24.0 Å². The molecule has 1 aliphatic rings. The molecule has 0 radical (unpaired) electrons. The summed E-state index contributed by atoms with van der Waals surface area (Å²) in [6, 6.07) is -0.901. The predicted octanol–water partition coefficient (Wildman–Crippen LogP) is 2.11. The summed E-state index contributed by atoms with van der Waals surface area (Å²) in [6.07, 6.45) is 4.54. The second kappa shape index (κ2) is 9.10. The highest BCUT2D eigenvalue weighted by Gasteiger charge is 2.22. The molecule has 1 aliphatic heterocycles. The van der Waals surface area contributed by atoms with Crippen LogP contribution in [0.1, 0.15) is 59.3 Å². The second-order valence-corrected chi connectivity index (χ2v) is 6.74. The van der Waals surface area contributed by atoms with Crippen molar-refractivity contribution in [3.8, 4) is 0 Å². The van der Waals surface area contributed by atoms with Crippen molar-refractivity contribution in [1.82, 2.24) is 5.32 Å². The maximum atomic E-state index is 11.9. The van der Waals surface area contributed by atoms with E-state index in [1.807, 2.05) is 20.8 Å². The SMILES string of the molecule is CC(C)(C)OCCC(NC(=O)CCC1CCCCO1)C(=O)O. The molecule has 0 aromatic rings. The summed E-state index contributed by atoms with van der Waals surface area (Å²) in [6.45, 7) is 6.78. The highest BCUT2D eigenvalue weighted by atomic mass is 16.5. The third-order valence-corrected chi connectivity index (χ3v) is 3.54. The molecule has 1 saturated heterocycles. The first kappa shape index (κ1) is 18.9. The molecule has 0 aromatic carbocycles. The van der Waals surface area contributed by atoms with Crippen LogP contribution in [0.5, 0.6) is 0 Å². The molecule has 0 aliphatic carbocycles. The van der Waals surface area contributed by atoms with Gasteiger partial charge in [-0.05, 0) is 46.5 Å². The van der Waals surface area contributed by atoms with Crippen LogP contribution in [-0.2, 0) is 19.1 Å². The Bertz CT molecular complexity index is 358. The average Bonchev–Trinajstić information content (AvgIpc) is 2.43. The minimum atomic E-state index is -1.03. The van der Waals surface area contributed by atoms with E-state index in [1.54, 1.807) is 0 Å². The third-order valence-electron chi connectivity index (χ3n) is 3.54. The van der Waals surface area contributed by atoms with Gasteiger partial charge in [0.15, 0.2) is 0 Å². The van der Waals surface area contributed by atoms with E-state index in [9.17, 15) is 14.7 Å². The van der Waals surface area contributed by atoms with Crippen LogP contribution in [-0.4, -0.2) is 47.9 Å². The number of amides is 1. The van der Waals surface area contributed by atoms with Gasteiger partial charge in [0.05, 0.1) is 11.7 Å². The maximum Gasteiger partial charge on any atom is 0.326 e. The molecule has 128 valence electrons.